The van der Waals surface area contributed by atoms with E-state index in [4.69, 9.17) is 18.9 Å². The summed E-state index contributed by atoms with van der Waals surface area (Å²) in [6, 6.07) is 0. The molecule has 8 fully saturated rings. The van der Waals surface area contributed by atoms with Gasteiger partial charge in [-0.15, -0.1) is 0 Å². The SMILES string of the molecule is CC1(OC(=O)C2CC3CCC2C3)CCCC1.CCC(C)(C)C(=O)OC.CCC(C)(C)C(=O)OC12CC3CC(CC(O)(C3)C1)C2.CCC(C)(C)C(=O)OC1COCC1O. The lowest BCUT2D eigenvalue weighted by Crippen LogP contribution is -2.61. The van der Waals surface area contributed by atoms with Gasteiger partial charge in [-0.25, -0.2) is 0 Å². The Kier molecular flexibility index (Phi) is 16.0. The molecular weight excluding hydrogens is 741 g/mol. The van der Waals surface area contributed by atoms with E-state index in [9.17, 15) is 29.4 Å². The van der Waals surface area contributed by atoms with E-state index in [0.29, 0.717) is 30.8 Å². The molecule has 2 N–H and O–H groups in total. The number of carbonyl (C=O) groups is 4. The lowest BCUT2D eigenvalue weighted by Gasteiger charge is -2.59. The van der Waals surface area contributed by atoms with E-state index < -0.39 is 28.6 Å². The van der Waals surface area contributed by atoms with Crippen LogP contribution in [-0.2, 0) is 42.9 Å². The van der Waals surface area contributed by atoms with E-state index in [1.807, 2.05) is 62.3 Å². The Morgan fingerprint density at radius 3 is 1.69 bits per heavy atom. The van der Waals surface area contributed by atoms with Gasteiger partial charge in [0, 0.05) is 6.42 Å². The van der Waals surface area contributed by atoms with E-state index in [2.05, 4.69) is 11.7 Å². The first-order chi connectivity index (χ1) is 26.9. The standard InChI is InChI=1S/C16H26O3.C14H22O2.C10H18O4.C7H14O2/c1-4-14(2,3)13(17)19-16-8-11-5-12(9-16)7-15(18,6-11)10-16;1-14(6-2-3-7-14)16-13(15)12-9-10-4-5-11(12)8-10;1-4-10(2,3)9(12)14-8-6-13-5-7(8)11;1-5-7(2,3)6(8)9-4/h11-12,18H,4-10H2,1-3H3;10-12H,2-9H2,1H3;7-8,11H,4-6H2,1-3H3;5H2,1-4H3. The Balaban J connectivity index is 0.000000177. The molecule has 0 aromatic heterocycles. The topological polar surface area (TPSA) is 155 Å². The number of aliphatic hydroxyl groups is 2. The number of carbonyl (C=O) groups excluding carboxylic acids is 4. The fourth-order valence-electron chi connectivity index (χ4n) is 10.3. The van der Waals surface area contributed by atoms with Crippen molar-refractivity contribution < 1.29 is 53.1 Å². The molecule has 58 heavy (non-hydrogen) atoms. The highest BCUT2D eigenvalue weighted by atomic mass is 16.6. The first-order valence-corrected chi connectivity index (χ1v) is 22.7. The van der Waals surface area contributed by atoms with Crippen molar-refractivity contribution in [2.45, 2.75) is 207 Å². The molecule has 0 aromatic carbocycles. The molecule has 0 radical (unpaired) electrons. The molecule has 7 atom stereocenters. The zero-order valence-corrected chi connectivity index (χ0v) is 38.0. The van der Waals surface area contributed by atoms with Crippen molar-refractivity contribution in [2.75, 3.05) is 20.3 Å². The summed E-state index contributed by atoms with van der Waals surface area (Å²) in [6.45, 7) is 19.9. The minimum absolute atomic E-state index is 0.0828. The summed E-state index contributed by atoms with van der Waals surface area (Å²) in [5, 5.41) is 20.0. The maximum absolute atomic E-state index is 12.4. The van der Waals surface area contributed by atoms with Crippen molar-refractivity contribution in [3.05, 3.63) is 0 Å². The van der Waals surface area contributed by atoms with Crippen LogP contribution in [0.3, 0.4) is 0 Å². The molecule has 7 saturated carbocycles. The molecule has 334 valence electrons. The van der Waals surface area contributed by atoms with Crippen molar-refractivity contribution >= 4 is 23.9 Å². The van der Waals surface area contributed by atoms with Crippen LogP contribution >= 0.6 is 0 Å². The molecule has 8 aliphatic rings. The first kappa shape index (κ1) is 48.4. The molecule has 0 amide bonds. The number of hydrogen-bond donors (Lipinski definition) is 2. The molecule has 8 rings (SSSR count). The van der Waals surface area contributed by atoms with Gasteiger partial charge in [-0.2, -0.15) is 0 Å². The summed E-state index contributed by atoms with van der Waals surface area (Å²) in [5.74, 6) is 2.49. The summed E-state index contributed by atoms with van der Waals surface area (Å²) in [4.78, 5) is 47.0. The maximum atomic E-state index is 12.4. The van der Waals surface area contributed by atoms with Gasteiger partial charge in [0.15, 0.2) is 6.10 Å². The fourth-order valence-corrected chi connectivity index (χ4v) is 10.3. The van der Waals surface area contributed by atoms with Gasteiger partial charge in [0.05, 0.1) is 48.1 Å². The van der Waals surface area contributed by atoms with E-state index in [0.717, 1.165) is 70.1 Å². The third kappa shape index (κ3) is 12.2. The molecule has 1 heterocycles. The molecule has 6 bridgehead atoms. The van der Waals surface area contributed by atoms with E-state index >= 15 is 0 Å². The van der Waals surface area contributed by atoms with Crippen LogP contribution in [0.1, 0.15) is 178 Å². The van der Waals surface area contributed by atoms with Gasteiger partial charge < -0.3 is 33.9 Å². The number of aliphatic hydroxyl groups excluding tert-OH is 1. The Hall–Kier alpha value is -2.24. The number of rotatable bonds is 10. The van der Waals surface area contributed by atoms with Gasteiger partial charge >= 0.3 is 23.9 Å². The van der Waals surface area contributed by atoms with Crippen LogP contribution in [0.15, 0.2) is 0 Å². The Morgan fingerprint density at radius 1 is 0.707 bits per heavy atom. The molecule has 1 saturated heterocycles. The molecule has 0 aromatic rings. The third-order valence-corrected chi connectivity index (χ3v) is 15.1. The van der Waals surface area contributed by atoms with Crippen molar-refractivity contribution in [1.82, 2.24) is 0 Å². The van der Waals surface area contributed by atoms with E-state index in [1.54, 1.807) is 0 Å². The molecule has 1 aliphatic heterocycles. The number of methoxy groups -OCH3 is 1. The Labute approximate surface area is 349 Å². The molecule has 11 nitrogen and oxygen atoms in total. The molecular formula is C47H80O11. The number of fused-ring (bicyclic) bond motifs is 2. The van der Waals surface area contributed by atoms with Crippen LogP contribution in [0.25, 0.3) is 0 Å². The molecule has 11 heteroatoms. The highest BCUT2D eigenvalue weighted by Gasteiger charge is 2.59. The Morgan fingerprint density at radius 2 is 1.26 bits per heavy atom. The van der Waals surface area contributed by atoms with Crippen molar-refractivity contribution in [1.29, 1.82) is 0 Å². The normalized spacial score (nSPS) is 34.1. The van der Waals surface area contributed by atoms with Crippen LogP contribution in [0.4, 0.5) is 0 Å². The zero-order valence-electron chi connectivity index (χ0n) is 38.0. The van der Waals surface area contributed by atoms with E-state index in [-0.39, 0.29) is 53.0 Å². The highest BCUT2D eigenvalue weighted by molar-refractivity contribution is 5.77. The predicted octanol–water partition coefficient (Wildman–Crippen LogP) is 8.67. The summed E-state index contributed by atoms with van der Waals surface area (Å²) >= 11 is 0. The summed E-state index contributed by atoms with van der Waals surface area (Å²) in [6.07, 6.45) is 16.4. The molecule has 7 aliphatic carbocycles. The largest absolute Gasteiger partial charge is 0.469 e. The van der Waals surface area contributed by atoms with Gasteiger partial charge in [-0.3, -0.25) is 19.2 Å². The van der Waals surface area contributed by atoms with Crippen molar-refractivity contribution in [2.24, 2.45) is 45.8 Å². The molecule has 0 spiro atoms. The monoisotopic (exact) mass is 821 g/mol. The van der Waals surface area contributed by atoms with Gasteiger partial charge in [-0.05, 0) is 168 Å². The lowest BCUT2D eigenvalue weighted by molar-refractivity contribution is -0.225. The summed E-state index contributed by atoms with van der Waals surface area (Å²) in [5.41, 5.74) is -2.25. The maximum Gasteiger partial charge on any atom is 0.312 e. The Bertz CT molecular complexity index is 1400. The van der Waals surface area contributed by atoms with Crippen molar-refractivity contribution in [3.8, 4) is 0 Å². The third-order valence-electron chi connectivity index (χ3n) is 15.1. The second kappa shape index (κ2) is 19.2. The number of hydrogen-bond acceptors (Lipinski definition) is 11. The van der Waals surface area contributed by atoms with Crippen LogP contribution < -0.4 is 0 Å². The molecule has 7 unspecified atom stereocenters. The van der Waals surface area contributed by atoms with Crippen LogP contribution in [0.2, 0.25) is 0 Å². The summed E-state index contributed by atoms with van der Waals surface area (Å²) < 4.78 is 26.5. The fraction of sp³-hybridized carbons (Fsp3) is 0.915. The quantitative estimate of drug-likeness (QED) is 0.161. The lowest BCUT2D eigenvalue weighted by atomic mass is 9.52. The van der Waals surface area contributed by atoms with Gasteiger partial charge in [0.25, 0.3) is 0 Å². The minimum Gasteiger partial charge on any atom is -0.469 e. The van der Waals surface area contributed by atoms with Gasteiger partial charge in [-0.1, -0.05) is 27.2 Å². The zero-order chi connectivity index (χ0) is 43.3. The van der Waals surface area contributed by atoms with Crippen molar-refractivity contribution in [3.63, 3.8) is 0 Å². The second-order valence-corrected chi connectivity index (χ2v) is 21.4. The first-order valence-electron chi connectivity index (χ1n) is 22.7. The minimum atomic E-state index is -0.674. The van der Waals surface area contributed by atoms with E-state index in [1.165, 1.54) is 45.6 Å². The average molecular weight is 821 g/mol. The average Bonchev–Trinajstić information content (AvgIpc) is 3.98. The summed E-state index contributed by atoms with van der Waals surface area (Å²) in [7, 11) is 1.42. The number of ether oxygens (including phenoxy) is 5. The predicted molar refractivity (Wildman–Crippen MR) is 221 cm³/mol. The van der Waals surface area contributed by atoms with Crippen LogP contribution in [-0.4, -0.2) is 83.4 Å². The van der Waals surface area contributed by atoms with Gasteiger partial charge in [0.2, 0.25) is 0 Å². The smallest absolute Gasteiger partial charge is 0.312 e. The van der Waals surface area contributed by atoms with Crippen LogP contribution in [0.5, 0.6) is 0 Å². The highest BCUT2D eigenvalue weighted by Crippen LogP contribution is 2.59. The van der Waals surface area contributed by atoms with Crippen LogP contribution in [0, 0.1) is 45.8 Å². The number of esters is 4. The van der Waals surface area contributed by atoms with Gasteiger partial charge in [0.1, 0.15) is 17.3 Å². The second-order valence-electron chi connectivity index (χ2n) is 21.4.